The molecule has 0 aliphatic heterocycles. The summed E-state index contributed by atoms with van der Waals surface area (Å²) in [6.45, 7) is 4.70. The van der Waals surface area contributed by atoms with Crippen molar-refractivity contribution in [2.24, 2.45) is 0 Å². The van der Waals surface area contributed by atoms with Crippen LogP contribution in [0.5, 0.6) is 0 Å². The standard InChI is InChI=1S/C49H36N2/c1-49(2)44-23-13-11-20-39(44)43-31-35(26-29-45(43)49)50(47-30-28-37(33-15-5-3-6-16-33)38-19-9-10-21-40(38)47)36-25-27-42-41-22-12-14-24-46(41)51(48(42)32-36)34-17-7-4-8-18-34/h3-32H,1-2H3. The highest BCUT2D eigenvalue weighted by Crippen LogP contribution is 2.51. The Morgan fingerprint density at radius 2 is 1.02 bits per heavy atom. The SMILES string of the molecule is CC1(C)c2ccccc2-c2cc(N(c3ccc4c5ccccc5n(-c5ccccc5)c4c3)c3ccc(-c4ccccc4)c4ccccc34)ccc21. The molecule has 0 N–H and O–H groups in total. The largest absolute Gasteiger partial charge is 0.310 e. The highest BCUT2D eigenvalue weighted by Gasteiger charge is 2.35. The molecule has 0 fully saturated rings. The number of para-hydroxylation sites is 2. The summed E-state index contributed by atoms with van der Waals surface area (Å²) in [6, 6.07) is 66.7. The topological polar surface area (TPSA) is 8.17 Å². The number of aromatic nitrogens is 1. The van der Waals surface area contributed by atoms with Crippen LogP contribution >= 0.6 is 0 Å². The Labute approximate surface area is 298 Å². The van der Waals surface area contributed by atoms with Crippen LogP contribution in [0.3, 0.4) is 0 Å². The van der Waals surface area contributed by atoms with Gasteiger partial charge in [0.25, 0.3) is 0 Å². The molecule has 10 rings (SSSR count). The number of fused-ring (bicyclic) bond motifs is 7. The maximum absolute atomic E-state index is 2.47. The molecule has 1 aliphatic rings. The predicted molar refractivity (Wildman–Crippen MR) is 216 cm³/mol. The zero-order chi connectivity index (χ0) is 34.1. The molecule has 9 aromatic rings. The van der Waals surface area contributed by atoms with Gasteiger partial charge in [-0.25, -0.2) is 0 Å². The van der Waals surface area contributed by atoms with E-state index in [0.29, 0.717) is 0 Å². The number of nitrogens with zero attached hydrogens (tertiary/aromatic N) is 2. The Kier molecular flexibility index (Phi) is 6.56. The van der Waals surface area contributed by atoms with Crippen molar-refractivity contribution in [2.75, 3.05) is 4.90 Å². The first-order valence-corrected chi connectivity index (χ1v) is 17.8. The van der Waals surface area contributed by atoms with Gasteiger partial charge in [-0.2, -0.15) is 0 Å². The molecule has 1 aliphatic carbocycles. The molecule has 2 nitrogen and oxygen atoms in total. The number of anilines is 3. The van der Waals surface area contributed by atoms with E-state index in [1.165, 1.54) is 66.0 Å². The van der Waals surface area contributed by atoms with Crippen molar-refractivity contribution in [3.05, 3.63) is 193 Å². The van der Waals surface area contributed by atoms with E-state index in [1.54, 1.807) is 0 Å². The molecule has 8 aromatic carbocycles. The fourth-order valence-corrected chi connectivity index (χ4v) is 8.58. The number of benzene rings is 8. The summed E-state index contributed by atoms with van der Waals surface area (Å²) in [7, 11) is 0. The molecule has 0 saturated carbocycles. The van der Waals surface area contributed by atoms with Gasteiger partial charge in [0.05, 0.1) is 16.7 Å². The van der Waals surface area contributed by atoms with Gasteiger partial charge in [-0.15, -0.1) is 0 Å². The van der Waals surface area contributed by atoms with E-state index >= 15 is 0 Å². The lowest BCUT2D eigenvalue weighted by Crippen LogP contribution is -2.15. The van der Waals surface area contributed by atoms with Crippen molar-refractivity contribution in [2.45, 2.75) is 19.3 Å². The van der Waals surface area contributed by atoms with E-state index in [9.17, 15) is 0 Å². The lowest BCUT2D eigenvalue weighted by molar-refractivity contribution is 0.660. The van der Waals surface area contributed by atoms with Gasteiger partial charge < -0.3 is 9.47 Å². The van der Waals surface area contributed by atoms with Crippen molar-refractivity contribution in [1.29, 1.82) is 0 Å². The van der Waals surface area contributed by atoms with Crippen LogP contribution in [-0.4, -0.2) is 4.57 Å². The van der Waals surface area contributed by atoms with Crippen molar-refractivity contribution >= 4 is 49.6 Å². The van der Waals surface area contributed by atoms with E-state index in [-0.39, 0.29) is 5.41 Å². The van der Waals surface area contributed by atoms with Crippen LogP contribution in [0.1, 0.15) is 25.0 Å². The summed E-state index contributed by atoms with van der Waals surface area (Å²) >= 11 is 0. The Morgan fingerprint density at radius 1 is 0.412 bits per heavy atom. The quantitative estimate of drug-likeness (QED) is 0.180. The van der Waals surface area contributed by atoms with Crippen LogP contribution in [0.15, 0.2) is 182 Å². The maximum atomic E-state index is 2.47. The highest BCUT2D eigenvalue weighted by molar-refractivity contribution is 6.11. The third kappa shape index (κ3) is 4.50. The van der Waals surface area contributed by atoms with E-state index in [4.69, 9.17) is 0 Å². The van der Waals surface area contributed by atoms with Gasteiger partial charge in [-0.3, -0.25) is 0 Å². The fraction of sp³-hybridized carbons (Fsp3) is 0.0612. The second-order valence-corrected chi connectivity index (χ2v) is 14.2. The van der Waals surface area contributed by atoms with Crippen molar-refractivity contribution < 1.29 is 0 Å². The number of hydrogen-bond donors (Lipinski definition) is 0. The van der Waals surface area contributed by atoms with Crippen LogP contribution in [0.4, 0.5) is 17.1 Å². The minimum atomic E-state index is -0.0607. The van der Waals surface area contributed by atoms with Gasteiger partial charge in [0.1, 0.15) is 0 Å². The second kappa shape index (κ2) is 11.3. The van der Waals surface area contributed by atoms with Crippen LogP contribution in [0, 0.1) is 0 Å². The third-order valence-corrected chi connectivity index (χ3v) is 11.0. The molecular formula is C49H36N2. The minimum Gasteiger partial charge on any atom is -0.310 e. The molecule has 1 aromatic heterocycles. The van der Waals surface area contributed by atoms with Crippen molar-refractivity contribution in [3.63, 3.8) is 0 Å². The maximum Gasteiger partial charge on any atom is 0.0561 e. The molecule has 51 heavy (non-hydrogen) atoms. The zero-order valence-electron chi connectivity index (χ0n) is 28.7. The Morgan fingerprint density at radius 3 is 1.84 bits per heavy atom. The van der Waals surface area contributed by atoms with E-state index in [2.05, 4.69) is 205 Å². The first kappa shape index (κ1) is 29.5. The first-order valence-electron chi connectivity index (χ1n) is 17.8. The molecule has 1 heterocycles. The van der Waals surface area contributed by atoms with E-state index in [1.807, 2.05) is 0 Å². The van der Waals surface area contributed by atoms with Gasteiger partial charge in [-0.1, -0.05) is 147 Å². The Bertz CT molecular complexity index is 2770. The van der Waals surface area contributed by atoms with Crippen molar-refractivity contribution in [1.82, 2.24) is 4.57 Å². The molecule has 0 unspecified atom stereocenters. The number of hydrogen-bond acceptors (Lipinski definition) is 1. The number of rotatable bonds is 5. The third-order valence-electron chi connectivity index (χ3n) is 11.0. The molecular weight excluding hydrogens is 617 g/mol. The normalized spacial score (nSPS) is 13.1. The van der Waals surface area contributed by atoms with Crippen LogP contribution in [-0.2, 0) is 5.41 Å². The van der Waals surface area contributed by atoms with Crippen LogP contribution in [0.25, 0.3) is 60.5 Å². The van der Waals surface area contributed by atoms with E-state index < -0.39 is 0 Å². The van der Waals surface area contributed by atoms with Gasteiger partial charge in [0.2, 0.25) is 0 Å². The smallest absolute Gasteiger partial charge is 0.0561 e. The zero-order valence-corrected chi connectivity index (χ0v) is 28.7. The predicted octanol–water partition coefficient (Wildman–Crippen LogP) is 13.4. The van der Waals surface area contributed by atoms with Gasteiger partial charge in [0, 0.05) is 38.6 Å². The average Bonchev–Trinajstić information content (AvgIpc) is 3.63. The molecule has 2 heteroatoms. The summed E-state index contributed by atoms with van der Waals surface area (Å²) in [5.41, 5.74) is 14.7. The second-order valence-electron chi connectivity index (χ2n) is 14.2. The molecule has 0 spiro atoms. The molecule has 0 radical (unpaired) electrons. The molecule has 242 valence electrons. The van der Waals surface area contributed by atoms with Gasteiger partial charge in [-0.05, 0) is 87.3 Å². The lowest BCUT2D eigenvalue weighted by atomic mass is 9.82. The average molecular weight is 653 g/mol. The Balaban J connectivity index is 1.26. The van der Waals surface area contributed by atoms with Gasteiger partial charge in [0.15, 0.2) is 0 Å². The lowest BCUT2D eigenvalue weighted by Gasteiger charge is -2.29. The summed E-state index contributed by atoms with van der Waals surface area (Å²) in [5.74, 6) is 0. The summed E-state index contributed by atoms with van der Waals surface area (Å²) in [6.07, 6.45) is 0. The molecule has 0 bridgehead atoms. The molecule has 0 saturated heterocycles. The molecule has 0 atom stereocenters. The highest BCUT2D eigenvalue weighted by atomic mass is 15.1. The first-order chi connectivity index (χ1) is 25.1. The molecule has 0 amide bonds. The Hall–Kier alpha value is -6.38. The summed E-state index contributed by atoms with van der Waals surface area (Å²) < 4.78 is 2.41. The fourth-order valence-electron chi connectivity index (χ4n) is 8.58. The van der Waals surface area contributed by atoms with Crippen LogP contribution in [0.2, 0.25) is 0 Å². The van der Waals surface area contributed by atoms with Crippen molar-refractivity contribution in [3.8, 4) is 27.9 Å². The van der Waals surface area contributed by atoms with Crippen LogP contribution < -0.4 is 4.90 Å². The minimum absolute atomic E-state index is 0.0607. The summed E-state index contributed by atoms with van der Waals surface area (Å²) in [5, 5.41) is 4.94. The van der Waals surface area contributed by atoms with Gasteiger partial charge >= 0.3 is 0 Å². The summed E-state index contributed by atoms with van der Waals surface area (Å²) in [4.78, 5) is 2.47. The van der Waals surface area contributed by atoms with E-state index in [0.717, 1.165) is 22.7 Å². The monoisotopic (exact) mass is 652 g/mol.